The number of pyridine rings is 1. The molecule has 2 heterocycles. The van der Waals surface area contributed by atoms with Crippen molar-refractivity contribution in [1.82, 2.24) is 4.98 Å². The number of anilines is 1. The molecule has 1 aliphatic rings. The zero-order valence-corrected chi connectivity index (χ0v) is 7.83. The van der Waals surface area contributed by atoms with Gasteiger partial charge in [0.05, 0.1) is 11.4 Å². The van der Waals surface area contributed by atoms with Gasteiger partial charge in [-0.15, -0.1) is 0 Å². The van der Waals surface area contributed by atoms with Crippen molar-refractivity contribution in [3.8, 4) is 0 Å². The molecule has 64 valence electrons. The molecule has 1 unspecified atom stereocenters. The fourth-order valence-corrected chi connectivity index (χ4v) is 1.70. The van der Waals surface area contributed by atoms with Crippen LogP contribution in [0.2, 0.25) is 0 Å². The second kappa shape index (κ2) is 2.47. The SMILES string of the molecule is Cc1cnc2c(c1)N(C)C(C)C2. The van der Waals surface area contributed by atoms with Crippen molar-refractivity contribution in [2.75, 3.05) is 11.9 Å². The van der Waals surface area contributed by atoms with Crippen LogP contribution in [0.3, 0.4) is 0 Å². The van der Waals surface area contributed by atoms with Gasteiger partial charge < -0.3 is 4.90 Å². The van der Waals surface area contributed by atoms with Gasteiger partial charge in [-0.1, -0.05) is 0 Å². The molecule has 1 atom stereocenters. The van der Waals surface area contributed by atoms with Crippen molar-refractivity contribution in [3.05, 3.63) is 23.5 Å². The highest BCUT2D eigenvalue weighted by atomic mass is 15.2. The first-order valence-electron chi connectivity index (χ1n) is 4.37. The summed E-state index contributed by atoms with van der Waals surface area (Å²) in [6.07, 6.45) is 3.04. The maximum Gasteiger partial charge on any atom is 0.0657 e. The first-order valence-corrected chi connectivity index (χ1v) is 4.37. The molecule has 0 saturated heterocycles. The third-order valence-corrected chi connectivity index (χ3v) is 2.61. The number of hydrogen-bond acceptors (Lipinski definition) is 2. The van der Waals surface area contributed by atoms with Gasteiger partial charge in [-0.25, -0.2) is 0 Å². The van der Waals surface area contributed by atoms with E-state index in [1.807, 2.05) is 6.20 Å². The van der Waals surface area contributed by atoms with Gasteiger partial charge in [0.1, 0.15) is 0 Å². The molecule has 1 aromatic rings. The topological polar surface area (TPSA) is 16.1 Å². The third-order valence-electron chi connectivity index (χ3n) is 2.61. The average Bonchev–Trinajstić information content (AvgIpc) is 2.31. The summed E-state index contributed by atoms with van der Waals surface area (Å²) in [5.41, 5.74) is 3.80. The summed E-state index contributed by atoms with van der Waals surface area (Å²) < 4.78 is 0. The maximum absolute atomic E-state index is 4.42. The van der Waals surface area contributed by atoms with Crippen LogP contribution in [-0.4, -0.2) is 18.1 Å². The molecular formula is C10H14N2. The van der Waals surface area contributed by atoms with Crippen molar-refractivity contribution >= 4 is 5.69 Å². The Bertz CT molecular complexity index is 307. The van der Waals surface area contributed by atoms with Crippen LogP contribution in [0.15, 0.2) is 12.3 Å². The molecular weight excluding hydrogens is 148 g/mol. The van der Waals surface area contributed by atoms with Crippen LogP contribution in [0.25, 0.3) is 0 Å². The van der Waals surface area contributed by atoms with Crippen LogP contribution in [-0.2, 0) is 6.42 Å². The van der Waals surface area contributed by atoms with E-state index in [-0.39, 0.29) is 0 Å². The smallest absolute Gasteiger partial charge is 0.0657 e. The van der Waals surface area contributed by atoms with Gasteiger partial charge in [-0.3, -0.25) is 4.98 Å². The van der Waals surface area contributed by atoms with Crippen molar-refractivity contribution in [3.63, 3.8) is 0 Å². The van der Waals surface area contributed by atoms with Crippen molar-refractivity contribution in [1.29, 1.82) is 0 Å². The molecule has 0 aromatic carbocycles. The lowest BCUT2D eigenvalue weighted by atomic mass is 10.2. The molecule has 2 rings (SSSR count). The number of hydrogen-bond donors (Lipinski definition) is 0. The van der Waals surface area contributed by atoms with Gasteiger partial charge in [0.2, 0.25) is 0 Å². The predicted molar refractivity (Wildman–Crippen MR) is 50.5 cm³/mol. The largest absolute Gasteiger partial charge is 0.370 e. The highest BCUT2D eigenvalue weighted by Gasteiger charge is 2.23. The Hall–Kier alpha value is -1.05. The quantitative estimate of drug-likeness (QED) is 0.578. The fraction of sp³-hybridized carbons (Fsp3) is 0.500. The van der Waals surface area contributed by atoms with Gasteiger partial charge in [-0.05, 0) is 25.5 Å². The van der Waals surface area contributed by atoms with Crippen LogP contribution >= 0.6 is 0 Å². The summed E-state index contributed by atoms with van der Waals surface area (Å²) in [4.78, 5) is 6.72. The zero-order valence-electron chi connectivity index (χ0n) is 7.83. The van der Waals surface area contributed by atoms with E-state index < -0.39 is 0 Å². The summed E-state index contributed by atoms with van der Waals surface area (Å²) in [6, 6.07) is 2.82. The summed E-state index contributed by atoms with van der Waals surface area (Å²) >= 11 is 0. The standard InChI is InChI=1S/C10H14N2/c1-7-4-10-9(11-6-7)5-8(2)12(10)3/h4,6,8H,5H2,1-3H3. The minimum absolute atomic E-state index is 0.606. The van der Waals surface area contributed by atoms with E-state index in [4.69, 9.17) is 0 Å². The molecule has 1 aliphatic heterocycles. The molecule has 0 amide bonds. The number of likely N-dealkylation sites (N-methyl/N-ethyl adjacent to an activating group) is 1. The molecule has 2 heteroatoms. The number of nitrogens with zero attached hydrogens (tertiary/aromatic N) is 2. The summed E-state index contributed by atoms with van der Waals surface area (Å²) in [7, 11) is 2.14. The third kappa shape index (κ3) is 0.986. The molecule has 0 fully saturated rings. The van der Waals surface area contributed by atoms with E-state index in [1.165, 1.54) is 16.9 Å². The Labute approximate surface area is 73.2 Å². The normalized spacial score (nSPS) is 21.2. The summed E-state index contributed by atoms with van der Waals surface area (Å²) in [5, 5.41) is 0. The fourth-order valence-electron chi connectivity index (χ4n) is 1.70. The van der Waals surface area contributed by atoms with Crippen molar-refractivity contribution in [2.45, 2.75) is 26.3 Å². The number of aryl methyl sites for hydroxylation is 1. The molecule has 0 bridgehead atoms. The molecule has 0 aliphatic carbocycles. The predicted octanol–water partition coefficient (Wildman–Crippen LogP) is 1.77. The van der Waals surface area contributed by atoms with Crippen LogP contribution in [0.5, 0.6) is 0 Å². The van der Waals surface area contributed by atoms with Gasteiger partial charge in [0, 0.05) is 25.7 Å². The number of rotatable bonds is 0. The van der Waals surface area contributed by atoms with Crippen LogP contribution in [0.1, 0.15) is 18.2 Å². The molecule has 2 nitrogen and oxygen atoms in total. The van der Waals surface area contributed by atoms with Crippen molar-refractivity contribution in [2.24, 2.45) is 0 Å². The molecule has 0 N–H and O–H groups in total. The number of fused-ring (bicyclic) bond motifs is 1. The first-order chi connectivity index (χ1) is 5.68. The second-order valence-electron chi connectivity index (χ2n) is 3.64. The highest BCUT2D eigenvalue weighted by molar-refractivity contribution is 5.56. The minimum Gasteiger partial charge on any atom is -0.370 e. The van der Waals surface area contributed by atoms with E-state index in [2.05, 4.69) is 36.8 Å². The summed E-state index contributed by atoms with van der Waals surface area (Å²) in [5.74, 6) is 0. The number of aromatic nitrogens is 1. The molecule has 12 heavy (non-hydrogen) atoms. The Morgan fingerprint density at radius 3 is 3.08 bits per heavy atom. The van der Waals surface area contributed by atoms with Gasteiger partial charge in [0.15, 0.2) is 0 Å². The zero-order chi connectivity index (χ0) is 8.72. The molecule has 0 spiro atoms. The van der Waals surface area contributed by atoms with E-state index in [0.29, 0.717) is 6.04 Å². The Morgan fingerprint density at radius 1 is 1.58 bits per heavy atom. The van der Waals surface area contributed by atoms with E-state index in [1.54, 1.807) is 0 Å². The monoisotopic (exact) mass is 162 g/mol. The average molecular weight is 162 g/mol. The van der Waals surface area contributed by atoms with Crippen LogP contribution < -0.4 is 4.90 Å². The lowest BCUT2D eigenvalue weighted by Crippen LogP contribution is -2.23. The van der Waals surface area contributed by atoms with Gasteiger partial charge >= 0.3 is 0 Å². The Balaban J connectivity index is 2.48. The maximum atomic E-state index is 4.42. The lowest BCUT2D eigenvalue weighted by Gasteiger charge is -2.17. The minimum atomic E-state index is 0.606. The van der Waals surface area contributed by atoms with Crippen LogP contribution in [0, 0.1) is 6.92 Å². The summed E-state index contributed by atoms with van der Waals surface area (Å²) in [6.45, 7) is 4.32. The second-order valence-corrected chi connectivity index (χ2v) is 3.64. The van der Waals surface area contributed by atoms with Crippen LogP contribution in [0.4, 0.5) is 5.69 Å². The highest BCUT2D eigenvalue weighted by Crippen LogP contribution is 2.29. The lowest BCUT2D eigenvalue weighted by molar-refractivity contribution is 0.726. The Kier molecular flexibility index (Phi) is 1.56. The van der Waals surface area contributed by atoms with Crippen molar-refractivity contribution < 1.29 is 0 Å². The van der Waals surface area contributed by atoms with Gasteiger partial charge in [0.25, 0.3) is 0 Å². The molecule has 0 radical (unpaired) electrons. The van der Waals surface area contributed by atoms with E-state index in [0.717, 1.165) is 6.42 Å². The molecule has 0 saturated carbocycles. The van der Waals surface area contributed by atoms with E-state index >= 15 is 0 Å². The Morgan fingerprint density at radius 2 is 2.33 bits per heavy atom. The molecule has 1 aromatic heterocycles. The van der Waals surface area contributed by atoms with E-state index in [9.17, 15) is 0 Å². The first kappa shape index (κ1) is 7.59. The van der Waals surface area contributed by atoms with Gasteiger partial charge in [-0.2, -0.15) is 0 Å².